The fourth-order valence-corrected chi connectivity index (χ4v) is 0.621. The summed E-state index contributed by atoms with van der Waals surface area (Å²) in [6.45, 7) is 0.168. The van der Waals surface area contributed by atoms with E-state index in [1.807, 2.05) is 5.32 Å². The largest absolute Gasteiger partial charge is 0.425 e. The molecule has 0 aromatic rings. The maximum absolute atomic E-state index is 12.3. The SMILES string of the molecule is CCNCC(F)(F)C(F)C(F)(F)F. The molecular weight excluding hydrogens is 200 g/mol. The highest BCUT2D eigenvalue weighted by atomic mass is 19.4. The van der Waals surface area contributed by atoms with Gasteiger partial charge < -0.3 is 5.32 Å². The van der Waals surface area contributed by atoms with Crippen LogP contribution in [0.4, 0.5) is 26.3 Å². The van der Waals surface area contributed by atoms with Gasteiger partial charge in [-0.05, 0) is 6.54 Å². The second kappa shape index (κ2) is 4.17. The molecule has 0 aliphatic rings. The van der Waals surface area contributed by atoms with E-state index in [4.69, 9.17) is 0 Å². The highest BCUT2D eigenvalue weighted by Gasteiger charge is 2.56. The molecule has 0 aromatic heterocycles. The van der Waals surface area contributed by atoms with E-state index >= 15 is 0 Å². The Kier molecular flexibility index (Phi) is 4.02. The van der Waals surface area contributed by atoms with Gasteiger partial charge in [-0.15, -0.1) is 0 Å². The third-order valence-electron chi connectivity index (χ3n) is 1.27. The maximum atomic E-state index is 12.3. The molecule has 0 aliphatic carbocycles. The molecule has 0 radical (unpaired) electrons. The van der Waals surface area contributed by atoms with Crippen LogP contribution in [0.3, 0.4) is 0 Å². The van der Waals surface area contributed by atoms with E-state index in [-0.39, 0.29) is 6.54 Å². The van der Waals surface area contributed by atoms with Crippen LogP contribution < -0.4 is 5.32 Å². The lowest BCUT2D eigenvalue weighted by atomic mass is 10.2. The third kappa shape index (κ3) is 3.84. The minimum Gasteiger partial charge on any atom is -0.311 e. The summed E-state index contributed by atoms with van der Waals surface area (Å²) in [5, 5.41) is 1.95. The Morgan fingerprint density at radius 3 is 1.92 bits per heavy atom. The van der Waals surface area contributed by atoms with Crippen LogP contribution in [0.25, 0.3) is 0 Å². The first kappa shape index (κ1) is 12.5. The summed E-state index contributed by atoms with van der Waals surface area (Å²) in [5.41, 5.74) is 0. The summed E-state index contributed by atoms with van der Waals surface area (Å²) < 4.78 is 71.2. The van der Waals surface area contributed by atoms with Crippen LogP contribution in [-0.2, 0) is 0 Å². The van der Waals surface area contributed by atoms with Crippen molar-refractivity contribution in [2.75, 3.05) is 13.1 Å². The van der Waals surface area contributed by atoms with E-state index in [1.165, 1.54) is 6.92 Å². The number of hydrogen-bond donors (Lipinski definition) is 1. The lowest BCUT2D eigenvalue weighted by Gasteiger charge is -2.22. The van der Waals surface area contributed by atoms with Crippen LogP contribution in [0.1, 0.15) is 6.92 Å². The maximum Gasteiger partial charge on any atom is 0.425 e. The molecule has 0 aliphatic heterocycles. The summed E-state index contributed by atoms with van der Waals surface area (Å²) in [6, 6.07) is 0. The highest BCUT2D eigenvalue weighted by Crippen LogP contribution is 2.34. The topological polar surface area (TPSA) is 12.0 Å². The van der Waals surface area contributed by atoms with Crippen molar-refractivity contribution in [3.05, 3.63) is 0 Å². The van der Waals surface area contributed by atoms with Crippen LogP contribution in [-0.4, -0.2) is 31.4 Å². The Labute approximate surface area is 71.1 Å². The van der Waals surface area contributed by atoms with Gasteiger partial charge in [-0.25, -0.2) is 13.2 Å². The average Bonchev–Trinajstić information content (AvgIpc) is 1.98. The van der Waals surface area contributed by atoms with Crippen molar-refractivity contribution in [3.8, 4) is 0 Å². The standard InChI is InChI=1S/C6H9F6N/c1-2-13-3-5(8,9)4(7)6(10,11)12/h4,13H,2-3H2,1H3. The van der Waals surface area contributed by atoms with Gasteiger partial charge in [0.15, 0.2) is 0 Å². The van der Waals surface area contributed by atoms with Crippen molar-refractivity contribution >= 4 is 0 Å². The molecule has 1 unspecified atom stereocenters. The van der Waals surface area contributed by atoms with E-state index in [1.54, 1.807) is 0 Å². The van der Waals surface area contributed by atoms with Gasteiger partial charge in [0.2, 0.25) is 0 Å². The van der Waals surface area contributed by atoms with Crippen molar-refractivity contribution < 1.29 is 26.3 Å². The predicted octanol–water partition coefficient (Wildman–Crippen LogP) is 2.13. The Balaban J connectivity index is 4.27. The van der Waals surface area contributed by atoms with Crippen LogP contribution >= 0.6 is 0 Å². The average molecular weight is 209 g/mol. The zero-order valence-corrected chi connectivity index (χ0v) is 6.76. The highest BCUT2D eigenvalue weighted by molar-refractivity contribution is 4.84. The zero-order chi connectivity index (χ0) is 10.7. The summed E-state index contributed by atoms with van der Waals surface area (Å²) >= 11 is 0. The van der Waals surface area contributed by atoms with Crippen molar-refractivity contribution in [1.29, 1.82) is 0 Å². The normalized spacial score (nSPS) is 15.9. The first-order valence-electron chi connectivity index (χ1n) is 3.51. The van der Waals surface area contributed by atoms with Gasteiger partial charge in [0, 0.05) is 0 Å². The number of alkyl halides is 6. The minimum absolute atomic E-state index is 0.0557. The lowest BCUT2D eigenvalue weighted by molar-refractivity contribution is -0.242. The van der Waals surface area contributed by atoms with Crippen molar-refractivity contribution in [2.24, 2.45) is 0 Å². The molecule has 80 valence electrons. The van der Waals surface area contributed by atoms with E-state index < -0.39 is 24.8 Å². The van der Waals surface area contributed by atoms with Gasteiger partial charge in [-0.3, -0.25) is 0 Å². The van der Waals surface area contributed by atoms with Gasteiger partial charge >= 0.3 is 6.18 Å². The van der Waals surface area contributed by atoms with Gasteiger partial charge in [0.05, 0.1) is 6.54 Å². The predicted molar refractivity (Wildman–Crippen MR) is 34.4 cm³/mol. The van der Waals surface area contributed by atoms with Gasteiger partial charge in [0.25, 0.3) is 12.1 Å². The zero-order valence-electron chi connectivity index (χ0n) is 6.76. The van der Waals surface area contributed by atoms with Crippen LogP contribution in [0.2, 0.25) is 0 Å². The monoisotopic (exact) mass is 209 g/mol. The molecule has 1 nitrogen and oxygen atoms in total. The Bertz CT molecular complexity index is 154. The number of rotatable bonds is 4. The quantitative estimate of drug-likeness (QED) is 0.699. The van der Waals surface area contributed by atoms with Crippen molar-refractivity contribution in [2.45, 2.75) is 25.2 Å². The third-order valence-corrected chi connectivity index (χ3v) is 1.27. The Morgan fingerprint density at radius 1 is 1.15 bits per heavy atom. The first-order valence-corrected chi connectivity index (χ1v) is 3.51. The number of nitrogens with one attached hydrogen (secondary N) is 1. The van der Waals surface area contributed by atoms with E-state index in [0.29, 0.717) is 0 Å². The molecule has 0 saturated heterocycles. The molecule has 0 fully saturated rings. The second-order valence-corrected chi connectivity index (χ2v) is 2.45. The smallest absolute Gasteiger partial charge is 0.311 e. The minimum atomic E-state index is -5.51. The van der Waals surface area contributed by atoms with Gasteiger partial charge in [0.1, 0.15) is 0 Å². The Morgan fingerprint density at radius 2 is 1.62 bits per heavy atom. The van der Waals surface area contributed by atoms with Crippen LogP contribution in [0, 0.1) is 0 Å². The van der Waals surface area contributed by atoms with E-state index in [0.717, 1.165) is 0 Å². The fourth-order valence-electron chi connectivity index (χ4n) is 0.621. The summed E-state index contributed by atoms with van der Waals surface area (Å²) in [7, 11) is 0. The molecule has 0 aromatic carbocycles. The second-order valence-electron chi connectivity index (χ2n) is 2.45. The Hall–Kier alpha value is -0.460. The molecule has 0 rings (SSSR count). The van der Waals surface area contributed by atoms with Gasteiger partial charge in [-0.1, -0.05) is 6.92 Å². The molecule has 1 atom stereocenters. The van der Waals surface area contributed by atoms with Crippen LogP contribution in [0.15, 0.2) is 0 Å². The van der Waals surface area contributed by atoms with E-state index in [2.05, 4.69) is 0 Å². The molecule has 13 heavy (non-hydrogen) atoms. The van der Waals surface area contributed by atoms with Gasteiger partial charge in [-0.2, -0.15) is 13.2 Å². The van der Waals surface area contributed by atoms with Crippen molar-refractivity contribution in [1.82, 2.24) is 5.32 Å². The summed E-state index contributed by atoms with van der Waals surface area (Å²) in [5.74, 6) is -4.41. The van der Waals surface area contributed by atoms with E-state index in [9.17, 15) is 26.3 Å². The number of halogens is 6. The van der Waals surface area contributed by atoms with Crippen molar-refractivity contribution in [3.63, 3.8) is 0 Å². The molecule has 0 saturated carbocycles. The molecule has 1 N–H and O–H groups in total. The molecule has 0 spiro atoms. The molecule has 7 heteroatoms. The summed E-state index contributed by atoms with van der Waals surface area (Å²) in [6.07, 6.45) is -9.63. The lowest BCUT2D eigenvalue weighted by Crippen LogP contribution is -2.47. The van der Waals surface area contributed by atoms with Crippen LogP contribution in [0.5, 0.6) is 0 Å². The fraction of sp³-hybridized carbons (Fsp3) is 1.00. The molecule has 0 amide bonds. The summed E-state index contributed by atoms with van der Waals surface area (Å²) in [4.78, 5) is 0. The number of hydrogen-bond acceptors (Lipinski definition) is 1. The molecular formula is C6H9F6N. The first-order chi connectivity index (χ1) is 5.72. The molecule has 0 heterocycles. The molecule has 0 bridgehead atoms.